The second kappa shape index (κ2) is 10.5. The molecule has 32 heavy (non-hydrogen) atoms. The maximum absolute atomic E-state index is 14.3. The molecule has 0 bridgehead atoms. The predicted octanol–water partition coefficient (Wildman–Crippen LogP) is 5.48. The minimum Gasteiger partial charge on any atom is -0.494 e. The summed E-state index contributed by atoms with van der Waals surface area (Å²) in [5.74, 6) is -0.297. The maximum atomic E-state index is 14.3. The molecule has 0 N–H and O–H groups in total. The lowest BCUT2D eigenvalue weighted by Gasteiger charge is -2.39. The Morgan fingerprint density at radius 3 is 2.38 bits per heavy atom. The van der Waals surface area contributed by atoms with Crippen LogP contribution in [0.5, 0.6) is 5.75 Å². The van der Waals surface area contributed by atoms with E-state index in [-0.39, 0.29) is 42.0 Å². The number of anilines is 1. The Balaban J connectivity index is 1.82. The summed E-state index contributed by atoms with van der Waals surface area (Å²) in [5, 5.41) is 0.157. The van der Waals surface area contributed by atoms with Crippen LogP contribution in [0.1, 0.15) is 25.3 Å². The van der Waals surface area contributed by atoms with Crippen LogP contribution in [-0.2, 0) is 11.2 Å². The van der Waals surface area contributed by atoms with Crippen molar-refractivity contribution in [1.29, 1.82) is 0 Å². The van der Waals surface area contributed by atoms with Crippen molar-refractivity contribution in [3.63, 3.8) is 0 Å². The van der Waals surface area contributed by atoms with Crippen LogP contribution in [0.4, 0.5) is 23.2 Å². The molecule has 1 aliphatic heterocycles. The second-order valence-electron chi connectivity index (χ2n) is 7.69. The average molecular weight is 473 g/mol. The number of rotatable bonds is 7. The number of carbonyl (C=O) groups excluding carboxylic acids is 1. The number of halogens is 5. The summed E-state index contributed by atoms with van der Waals surface area (Å²) in [6, 6.07) is 10.8. The monoisotopic (exact) mass is 472 g/mol. The first-order valence-electron chi connectivity index (χ1n) is 10.4. The molecule has 4 nitrogen and oxygen atoms in total. The number of carbonyl (C=O) groups is 1. The third kappa shape index (κ3) is 6.36. The van der Waals surface area contributed by atoms with E-state index in [4.69, 9.17) is 16.3 Å². The van der Waals surface area contributed by atoms with Crippen molar-refractivity contribution in [1.82, 2.24) is 4.90 Å². The van der Waals surface area contributed by atoms with E-state index in [0.29, 0.717) is 30.9 Å². The fourth-order valence-corrected chi connectivity index (χ4v) is 4.18. The molecule has 2 aromatic carbocycles. The number of hydrogen-bond acceptors (Lipinski definition) is 3. The summed E-state index contributed by atoms with van der Waals surface area (Å²) in [4.78, 5) is 16.2. The van der Waals surface area contributed by atoms with Crippen molar-refractivity contribution in [2.75, 3.05) is 31.1 Å². The van der Waals surface area contributed by atoms with Gasteiger partial charge in [0, 0.05) is 35.4 Å². The van der Waals surface area contributed by atoms with Gasteiger partial charge < -0.3 is 9.64 Å². The molecule has 1 heterocycles. The number of piperidine rings is 1. The quantitative estimate of drug-likeness (QED) is 0.500. The van der Waals surface area contributed by atoms with Gasteiger partial charge in [-0.3, -0.25) is 9.69 Å². The van der Waals surface area contributed by atoms with Gasteiger partial charge in [-0.15, -0.1) is 0 Å². The van der Waals surface area contributed by atoms with Crippen molar-refractivity contribution in [2.24, 2.45) is 0 Å². The summed E-state index contributed by atoms with van der Waals surface area (Å²) >= 11 is 6.11. The molecule has 1 saturated heterocycles. The zero-order valence-electron chi connectivity index (χ0n) is 17.7. The first-order chi connectivity index (χ1) is 15.2. The molecule has 3 rings (SSSR count). The van der Waals surface area contributed by atoms with Crippen molar-refractivity contribution in [3.05, 3.63) is 58.9 Å². The zero-order valence-corrected chi connectivity index (χ0v) is 18.4. The van der Waals surface area contributed by atoms with E-state index in [1.165, 1.54) is 23.1 Å². The summed E-state index contributed by atoms with van der Waals surface area (Å²) < 4.78 is 58.0. The lowest BCUT2D eigenvalue weighted by atomic mass is 10.0. The summed E-state index contributed by atoms with van der Waals surface area (Å²) in [5.41, 5.74) is 0.685. The third-order valence-corrected chi connectivity index (χ3v) is 5.76. The number of nitrogens with zero attached hydrogens (tertiary/aromatic N) is 2. The molecule has 2 aromatic rings. The van der Waals surface area contributed by atoms with Gasteiger partial charge in [-0.05, 0) is 56.2 Å². The first kappa shape index (κ1) is 24.3. The highest BCUT2D eigenvalue weighted by Gasteiger charge is 2.35. The highest BCUT2D eigenvalue weighted by atomic mass is 35.5. The highest BCUT2D eigenvalue weighted by Crippen LogP contribution is 2.29. The number of likely N-dealkylation sites (tertiary alicyclic amines) is 1. The van der Waals surface area contributed by atoms with Crippen LogP contribution in [0.2, 0.25) is 5.02 Å². The van der Waals surface area contributed by atoms with E-state index in [1.807, 2.05) is 6.92 Å². The molecule has 1 aliphatic rings. The molecule has 0 spiro atoms. The van der Waals surface area contributed by atoms with Crippen LogP contribution >= 0.6 is 11.6 Å². The molecular formula is C23H25ClF4N2O2. The van der Waals surface area contributed by atoms with E-state index in [1.54, 1.807) is 29.2 Å². The molecule has 1 fully saturated rings. The maximum Gasteiger partial charge on any atom is 0.401 e. The van der Waals surface area contributed by atoms with Crippen LogP contribution < -0.4 is 9.64 Å². The van der Waals surface area contributed by atoms with Gasteiger partial charge in [0.15, 0.2) is 0 Å². The van der Waals surface area contributed by atoms with Crippen molar-refractivity contribution in [3.8, 4) is 5.75 Å². The number of alkyl halides is 3. The Bertz CT molecular complexity index is 893. The highest BCUT2D eigenvalue weighted by molar-refractivity contribution is 6.31. The summed E-state index contributed by atoms with van der Waals surface area (Å²) in [6.07, 6.45) is -3.76. The minimum absolute atomic E-state index is 0.101. The van der Waals surface area contributed by atoms with Crippen LogP contribution in [0, 0.1) is 5.82 Å². The van der Waals surface area contributed by atoms with E-state index in [9.17, 15) is 22.4 Å². The molecule has 174 valence electrons. The predicted molar refractivity (Wildman–Crippen MR) is 116 cm³/mol. The lowest BCUT2D eigenvalue weighted by molar-refractivity contribution is -0.148. The van der Waals surface area contributed by atoms with Crippen LogP contribution in [0.15, 0.2) is 42.5 Å². The van der Waals surface area contributed by atoms with Crippen molar-refractivity contribution >= 4 is 23.2 Å². The molecule has 0 unspecified atom stereocenters. The SMILES string of the molecule is CCOc1ccc(N(C(=O)Cc2c(F)cccc2Cl)C2CCN(CC(F)(F)F)CC2)cc1. The number of amides is 1. The summed E-state index contributed by atoms with van der Waals surface area (Å²) in [7, 11) is 0. The zero-order chi connectivity index (χ0) is 23.3. The van der Waals surface area contributed by atoms with Crippen molar-refractivity contribution in [2.45, 2.75) is 38.4 Å². The smallest absolute Gasteiger partial charge is 0.401 e. The topological polar surface area (TPSA) is 32.8 Å². The molecular weight excluding hydrogens is 448 g/mol. The molecule has 1 amide bonds. The molecule has 0 aromatic heterocycles. The Kier molecular flexibility index (Phi) is 8.00. The Labute approximate surface area is 189 Å². The van der Waals surface area contributed by atoms with E-state index in [2.05, 4.69) is 0 Å². The van der Waals surface area contributed by atoms with Gasteiger partial charge in [0.1, 0.15) is 11.6 Å². The van der Waals surface area contributed by atoms with Gasteiger partial charge >= 0.3 is 6.18 Å². The van der Waals surface area contributed by atoms with E-state index < -0.39 is 18.5 Å². The average Bonchev–Trinajstić information content (AvgIpc) is 2.73. The molecule has 9 heteroatoms. The van der Waals surface area contributed by atoms with Gasteiger partial charge in [-0.1, -0.05) is 17.7 Å². The Hall–Kier alpha value is -2.32. The van der Waals surface area contributed by atoms with Crippen LogP contribution in [-0.4, -0.2) is 49.3 Å². The van der Waals surface area contributed by atoms with E-state index in [0.717, 1.165) is 0 Å². The number of ether oxygens (including phenoxy) is 1. The fourth-order valence-electron chi connectivity index (χ4n) is 3.95. The third-order valence-electron chi connectivity index (χ3n) is 5.41. The van der Waals surface area contributed by atoms with Gasteiger partial charge in [0.2, 0.25) is 5.91 Å². The lowest BCUT2D eigenvalue weighted by Crippen LogP contribution is -2.49. The largest absolute Gasteiger partial charge is 0.494 e. The van der Waals surface area contributed by atoms with Gasteiger partial charge in [0.05, 0.1) is 19.6 Å². The van der Waals surface area contributed by atoms with Crippen LogP contribution in [0.25, 0.3) is 0 Å². The number of benzene rings is 2. The molecule has 0 atom stereocenters. The van der Waals surface area contributed by atoms with E-state index >= 15 is 0 Å². The second-order valence-corrected chi connectivity index (χ2v) is 8.10. The normalized spacial score (nSPS) is 15.6. The van der Waals surface area contributed by atoms with Gasteiger partial charge in [-0.2, -0.15) is 13.2 Å². The fraction of sp³-hybridized carbons (Fsp3) is 0.435. The van der Waals surface area contributed by atoms with Gasteiger partial charge in [0.25, 0.3) is 0 Å². The van der Waals surface area contributed by atoms with Gasteiger partial charge in [-0.25, -0.2) is 4.39 Å². The molecule has 0 radical (unpaired) electrons. The summed E-state index contributed by atoms with van der Waals surface area (Å²) in [6.45, 7) is 1.81. The standard InChI is InChI=1S/C23H25ClF4N2O2/c1-2-32-18-8-6-16(7-9-18)30(17-10-12-29(13-11-17)15-23(26,27)28)22(31)14-19-20(24)4-3-5-21(19)25/h3-9,17H,2,10-15H2,1H3. The first-order valence-corrected chi connectivity index (χ1v) is 10.8. The van der Waals surface area contributed by atoms with Crippen LogP contribution in [0.3, 0.4) is 0 Å². The molecule has 0 saturated carbocycles. The minimum atomic E-state index is -4.26. The Morgan fingerprint density at radius 1 is 1.16 bits per heavy atom. The Morgan fingerprint density at radius 2 is 1.81 bits per heavy atom. The number of hydrogen-bond donors (Lipinski definition) is 0. The van der Waals surface area contributed by atoms with Crippen molar-refractivity contribution < 1.29 is 27.1 Å². The molecule has 0 aliphatic carbocycles.